The van der Waals surface area contributed by atoms with Crippen LogP contribution in [-0.2, 0) is 30.6 Å². The Morgan fingerprint density at radius 1 is 0.957 bits per heavy atom. The van der Waals surface area contributed by atoms with Crippen LogP contribution < -0.4 is 20.7 Å². The van der Waals surface area contributed by atoms with E-state index >= 15 is 0 Å². The summed E-state index contributed by atoms with van der Waals surface area (Å²) in [7, 11) is 0. The van der Waals surface area contributed by atoms with Crippen LogP contribution in [0, 0.1) is 6.92 Å². The SMILES string of the molecule is Cc1cc(COc2ccc(C(=O)NCC3(N(OC(=O)C(F)(F)F)C(=O)OC(C)(C)C)C(=O)NC(=O)NC3=O)cc2)c2ccccc2n1. The molecule has 1 aliphatic heterocycles. The van der Waals surface area contributed by atoms with Gasteiger partial charge in [0.15, 0.2) is 0 Å². The first-order chi connectivity index (χ1) is 21.9. The molecule has 2 heterocycles. The molecule has 3 aromatic rings. The smallest absolute Gasteiger partial charge is 0.489 e. The Hall–Kier alpha value is -5.74. The molecular weight excluding hydrogens is 631 g/mol. The minimum Gasteiger partial charge on any atom is -0.489 e. The number of alkyl halides is 3. The van der Waals surface area contributed by atoms with Gasteiger partial charge in [0.1, 0.15) is 18.0 Å². The lowest BCUT2D eigenvalue weighted by Crippen LogP contribution is -2.77. The molecule has 4 rings (SSSR count). The first-order valence-electron chi connectivity index (χ1n) is 13.8. The van der Waals surface area contributed by atoms with E-state index in [0.717, 1.165) is 22.2 Å². The highest BCUT2D eigenvalue weighted by Gasteiger charge is 2.61. The Balaban J connectivity index is 1.56. The highest BCUT2D eigenvalue weighted by Crippen LogP contribution is 2.27. The van der Waals surface area contributed by atoms with Gasteiger partial charge < -0.3 is 19.6 Å². The van der Waals surface area contributed by atoms with Crippen molar-refractivity contribution in [1.82, 2.24) is 26.0 Å². The lowest BCUT2D eigenvalue weighted by Gasteiger charge is -2.40. The number of halogens is 3. The summed E-state index contributed by atoms with van der Waals surface area (Å²) in [6.45, 7) is 4.62. The molecular formula is C30H28F3N5O9. The monoisotopic (exact) mass is 659 g/mol. The summed E-state index contributed by atoms with van der Waals surface area (Å²) in [6, 6.07) is 13.5. The van der Waals surface area contributed by atoms with E-state index in [1.807, 2.05) is 37.3 Å². The van der Waals surface area contributed by atoms with Crippen LogP contribution in [0.4, 0.5) is 22.8 Å². The number of aromatic nitrogens is 1. The van der Waals surface area contributed by atoms with Gasteiger partial charge in [-0.2, -0.15) is 13.2 Å². The second kappa shape index (κ2) is 12.9. The molecule has 1 saturated heterocycles. The predicted octanol–water partition coefficient (Wildman–Crippen LogP) is 3.21. The number of fused-ring (bicyclic) bond motifs is 1. The number of nitrogens with zero attached hydrogens (tertiary/aromatic N) is 2. The highest BCUT2D eigenvalue weighted by molar-refractivity contribution is 6.23. The fourth-order valence-electron chi connectivity index (χ4n) is 4.36. The Morgan fingerprint density at radius 2 is 1.57 bits per heavy atom. The van der Waals surface area contributed by atoms with Crippen molar-refractivity contribution in [1.29, 1.82) is 0 Å². The predicted molar refractivity (Wildman–Crippen MR) is 154 cm³/mol. The fourth-order valence-corrected chi connectivity index (χ4v) is 4.36. The minimum absolute atomic E-state index is 0.0680. The molecule has 0 bridgehead atoms. The van der Waals surface area contributed by atoms with Crippen LogP contribution in [0.1, 0.15) is 42.4 Å². The summed E-state index contributed by atoms with van der Waals surface area (Å²) in [6.07, 6.45) is -7.59. The molecule has 0 radical (unpaired) electrons. The van der Waals surface area contributed by atoms with Gasteiger partial charge in [0, 0.05) is 22.2 Å². The number of pyridine rings is 1. The van der Waals surface area contributed by atoms with Crippen LogP contribution in [0.3, 0.4) is 0 Å². The van der Waals surface area contributed by atoms with Crippen molar-refractivity contribution >= 4 is 46.7 Å². The number of rotatable bonds is 7. The van der Waals surface area contributed by atoms with E-state index in [1.165, 1.54) is 45.0 Å². The van der Waals surface area contributed by atoms with E-state index in [1.54, 1.807) is 10.6 Å². The minimum atomic E-state index is -5.70. The van der Waals surface area contributed by atoms with E-state index in [2.05, 4.69) is 15.1 Å². The van der Waals surface area contributed by atoms with E-state index in [4.69, 9.17) is 9.47 Å². The third-order valence-electron chi connectivity index (χ3n) is 6.46. The van der Waals surface area contributed by atoms with Crippen molar-refractivity contribution in [3.05, 3.63) is 71.4 Å². The number of nitrogens with one attached hydrogen (secondary N) is 3. The number of ether oxygens (including phenoxy) is 2. The van der Waals surface area contributed by atoms with Crippen molar-refractivity contribution in [2.24, 2.45) is 0 Å². The molecule has 248 valence electrons. The Morgan fingerprint density at radius 3 is 2.17 bits per heavy atom. The van der Waals surface area contributed by atoms with Crippen molar-refractivity contribution in [3.8, 4) is 5.75 Å². The van der Waals surface area contributed by atoms with E-state index in [0.29, 0.717) is 5.75 Å². The Labute approximate surface area is 264 Å². The number of aryl methyl sites for hydroxylation is 1. The average Bonchev–Trinajstić information content (AvgIpc) is 2.97. The first kappa shape index (κ1) is 34.1. The number of hydrogen-bond donors (Lipinski definition) is 3. The van der Waals surface area contributed by atoms with Crippen LogP contribution in [0.25, 0.3) is 10.9 Å². The molecule has 0 spiro atoms. The molecule has 0 aliphatic carbocycles. The van der Waals surface area contributed by atoms with Gasteiger partial charge in [-0.15, -0.1) is 5.06 Å². The topological polar surface area (TPSA) is 182 Å². The van der Waals surface area contributed by atoms with Gasteiger partial charge in [0.05, 0.1) is 12.1 Å². The van der Waals surface area contributed by atoms with Crippen LogP contribution >= 0.6 is 0 Å². The van der Waals surface area contributed by atoms with Gasteiger partial charge >= 0.3 is 24.3 Å². The molecule has 14 nitrogen and oxygen atoms in total. The standard InChI is InChI=1S/C30H28F3N5O9/c1-16-13-18(20-7-5-6-8-21(20)35-16)14-45-19-11-9-17(10-12-19)22(39)34-15-29(23(40)36-26(43)37-24(29)41)38(27(44)46-28(2,3)4)47-25(42)30(31,32)33/h5-13H,14-15H2,1-4H3,(H,34,39)(H2,36,37,40,41,43). The molecule has 47 heavy (non-hydrogen) atoms. The number of urea groups is 1. The molecule has 6 amide bonds. The summed E-state index contributed by atoms with van der Waals surface area (Å²) in [4.78, 5) is 84.5. The van der Waals surface area contributed by atoms with E-state index < -0.39 is 64.7 Å². The molecule has 1 aromatic heterocycles. The van der Waals surface area contributed by atoms with Gasteiger partial charge in [0.2, 0.25) is 0 Å². The van der Waals surface area contributed by atoms with Crippen molar-refractivity contribution in [2.45, 2.75) is 51.6 Å². The second-order valence-corrected chi connectivity index (χ2v) is 11.2. The van der Waals surface area contributed by atoms with Gasteiger partial charge in [-0.1, -0.05) is 18.2 Å². The number of para-hydroxylation sites is 1. The van der Waals surface area contributed by atoms with Crippen molar-refractivity contribution < 1.29 is 56.2 Å². The number of hydrogen-bond acceptors (Lipinski definition) is 10. The quantitative estimate of drug-likeness (QED) is 0.252. The zero-order chi connectivity index (χ0) is 34.7. The fraction of sp³-hybridized carbons (Fsp3) is 0.300. The van der Waals surface area contributed by atoms with E-state index in [-0.39, 0.29) is 12.2 Å². The molecule has 0 unspecified atom stereocenters. The molecule has 1 aliphatic rings. The summed E-state index contributed by atoms with van der Waals surface area (Å²) in [5.74, 6) is -7.02. The molecule has 0 saturated carbocycles. The maximum Gasteiger partial charge on any atom is 0.493 e. The van der Waals surface area contributed by atoms with Gasteiger partial charge in [-0.3, -0.25) is 30.0 Å². The summed E-state index contributed by atoms with van der Waals surface area (Å²) < 4.78 is 50.4. The summed E-state index contributed by atoms with van der Waals surface area (Å²) >= 11 is 0. The number of hydroxylamine groups is 2. The van der Waals surface area contributed by atoms with Crippen LogP contribution in [0.2, 0.25) is 0 Å². The second-order valence-electron chi connectivity index (χ2n) is 11.2. The van der Waals surface area contributed by atoms with Crippen LogP contribution in [0.15, 0.2) is 54.6 Å². The number of benzene rings is 2. The zero-order valence-corrected chi connectivity index (χ0v) is 25.3. The molecule has 3 N–H and O–H groups in total. The summed E-state index contributed by atoms with van der Waals surface area (Å²) in [5, 5.41) is 5.73. The van der Waals surface area contributed by atoms with Gasteiger partial charge in [-0.05, 0) is 64.1 Å². The Bertz CT molecular complexity index is 1730. The average molecular weight is 660 g/mol. The maximum absolute atomic E-state index is 13.2. The first-order valence-corrected chi connectivity index (χ1v) is 13.8. The third-order valence-corrected chi connectivity index (χ3v) is 6.46. The maximum atomic E-state index is 13.2. The normalized spacial score (nSPS) is 14.5. The lowest BCUT2D eigenvalue weighted by molar-refractivity contribution is -0.246. The van der Waals surface area contributed by atoms with Crippen LogP contribution in [-0.4, -0.2) is 69.7 Å². The third kappa shape index (κ3) is 7.74. The van der Waals surface area contributed by atoms with Gasteiger partial charge in [-0.25, -0.2) is 14.4 Å². The highest BCUT2D eigenvalue weighted by atomic mass is 19.4. The largest absolute Gasteiger partial charge is 0.493 e. The van der Waals surface area contributed by atoms with Crippen molar-refractivity contribution in [2.75, 3.05) is 6.54 Å². The van der Waals surface area contributed by atoms with Crippen LogP contribution in [0.5, 0.6) is 5.75 Å². The number of imide groups is 2. The van der Waals surface area contributed by atoms with Crippen molar-refractivity contribution in [3.63, 3.8) is 0 Å². The molecule has 0 atom stereocenters. The number of barbiturate groups is 1. The van der Waals surface area contributed by atoms with Gasteiger partial charge in [0.25, 0.3) is 23.3 Å². The molecule has 1 fully saturated rings. The molecule has 17 heteroatoms. The Kier molecular flexibility index (Phi) is 9.40. The summed E-state index contributed by atoms with van der Waals surface area (Å²) in [5.41, 5.74) is -2.32. The number of carbonyl (C=O) groups is 6. The number of amides is 6. The number of carbonyl (C=O) groups excluding carboxylic acids is 6. The molecule has 2 aromatic carbocycles. The lowest BCUT2D eigenvalue weighted by atomic mass is 9.94. The van der Waals surface area contributed by atoms with E-state index in [9.17, 15) is 41.9 Å². The zero-order valence-electron chi connectivity index (χ0n) is 25.3.